The van der Waals surface area contributed by atoms with Crippen LogP contribution in [0, 0.1) is 0 Å². The molecule has 0 aliphatic carbocycles. The quantitative estimate of drug-likeness (QED) is 0.553. The number of fused-ring (bicyclic) bond motifs is 1. The first-order valence-electron chi connectivity index (χ1n) is 5.13. The Hall–Kier alpha value is 0.540. The van der Waals surface area contributed by atoms with Gasteiger partial charge in [0.05, 0.1) is 16.1 Å². The molecule has 2 rings (SSSR count). The third kappa shape index (κ3) is 2.69. The zero-order valence-electron chi connectivity index (χ0n) is 9.44. The molecule has 18 heavy (non-hydrogen) atoms. The van der Waals surface area contributed by atoms with Gasteiger partial charge in [-0.3, -0.25) is 0 Å². The molecule has 0 saturated heterocycles. The molecule has 3 nitrogen and oxygen atoms in total. The maximum atomic E-state index is 5.49. The maximum Gasteiger partial charge on any atom is 0.231 e. The largest absolute Gasteiger partial charge is 0.492 e. The summed E-state index contributed by atoms with van der Waals surface area (Å²) in [5.74, 6) is 2.03. The predicted molar refractivity (Wildman–Crippen MR) is 84.7 cm³/mol. The van der Waals surface area contributed by atoms with Gasteiger partial charge in [0.2, 0.25) is 12.5 Å². The molecule has 7 heteroatoms. The van der Waals surface area contributed by atoms with E-state index in [0.717, 1.165) is 26.3 Å². The van der Waals surface area contributed by atoms with Crippen molar-refractivity contribution in [3.05, 3.63) is 14.5 Å². The molecule has 1 unspecified atom stereocenters. The molecule has 0 amide bonds. The van der Waals surface area contributed by atoms with Crippen LogP contribution in [0.4, 0.5) is 0 Å². The van der Waals surface area contributed by atoms with E-state index in [1.54, 1.807) is 7.11 Å². The second kappa shape index (κ2) is 6.33. The van der Waals surface area contributed by atoms with Crippen LogP contribution in [0.15, 0.2) is 8.95 Å². The van der Waals surface area contributed by atoms with Crippen molar-refractivity contribution in [2.75, 3.05) is 19.2 Å². The summed E-state index contributed by atoms with van der Waals surface area (Å²) in [4.78, 5) is 0.329. The van der Waals surface area contributed by atoms with Gasteiger partial charge >= 0.3 is 0 Å². The Bertz CT molecular complexity index is 464. The highest BCUT2D eigenvalue weighted by Gasteiger charge is 2.29. The number of alkyl halides is 2. The van der Waals surface area contributed by atoms with E-state index >= 15 is 0 Å². The van der Waals surface area contributed by atoms with E-state index in [0.29, 0.717) is 22.1 Å². The van der Waals surface area contributed by atoms with Crippen LogP contribution in [0.2, 0.25) is 0 Å². The Labute approximate surface area is 139 Å². The normalized spacial score (nSPS) is 14.7. The van der Waals surface area contributed by atoms with E-state index in [-0.39, 0.29) is 6.79 Å². The van der Waals surface area contributed by atoms with Gasteiger partial charge in [-0.15, -0.1) is 0 Å². The molecule has 100 valence electrons. The Morgan fingerprint density at radius 2 is 1.89 bits per heavy atom. The zero-order chi connectivity index (χ0) is 13.3. The van der Waals surface area contributed by atoms with Gasteiger partial charge < -0.3 is 14.2 Å². The third-order valence-corrected chi connectivity index (χ3v) is 6.52. The van der Waals surface area contributed by atoms with Crippen LogP contribution in [-0.2, 0) is 6.42 Å². The van der Waals surface area contributed by atoms with Crippen LogP contribution in [0.1, 0.15) is 5.56 Å². The summed E-state index contributed by atoms with van der Waals surface area (Å²) >= 11 is 14.2. The highest BCUT2D eigenvalue weighted by atomic mass is 79.9. The van der Waals surface area contributed by atoms with Gasteiger partial charge in [0.1, 0.15) is 0 Å². The third-order valence-electron chi connectivity index (χ3n) is 2.54. The maximum absolute atomic E-state index is 5.49. The van der Waals surface area contributed by atoms with E-state index in [4.69, 9.17) is 14.2 Å². The fourth-order valence-corrected chi connectivity index (χ4v) is 3.89. The van der Waals surface area contributed by atoms with Crippen LogP contribution >= 0.6 is 63.7 Å². The number of methoxy groups -OCH3 is 1. The standard InChI is InChI=1S/C11H10Br4O3/c1-16-9-7(14)6(2-5(13)3-12)8(15)10-11(9)18-4-17-10/h5H,2-4H2,1H3. The minimum atomic E-state index is 0.219. The molecule has 0 aromatic heterocycles. The molecule has 1 aromatic rings. The molecule has 1 aliphatic heterocycles. The minimum Gasteiger partial charge on any atom is -0.492 e. The molecule has 1 heterocycles. The van der Waals surface area contributed by atoms with Crippen LogP contribution < -0.4 is 14.2 Å². The second-order valence-corrected chi connectivity index (χ2v) is 7.19. The molecule has 0 saturated carbocycles. The van der Waals surface area contributed by atoms with Crippen LogP contribution in [-0.4, -0.2) is 24.1 Å². The number of hydrogen-bond acceptors (Lipinski definition) is 3. The monoisotopic (exact) mass is 506 g/mol. The van der Waals surface area contributed by atoms with Gasteiger partial charge in [-0.25, -0.2) is 0 Å². The molecule has 1 aliphatic rings. The number of halogens is 4. The van der Waals surface area contributed by atoms with E-state index in [1.807, 2.05) is 0 Å². The molecular formula is C11H10Br4O3. The lowest BCUT2D eigenvalue weighted by atomic mass is 10.1. The van der Waals surface area contributed by atoms with Gasteiger partial charge in [0.25, 0.3) is 0 Å². The van der Waals surface area contributed by atoms with Crippen molar-refractivity contribution in [1.82, 2.24) is 0 Å². The molecule has 1 aromatic carbocycles. The Morgan fingerprint density at radius 1 is 1.22 bits per heavy atom. The van der Waals surface area contributed by atoms with Crippen molar-refractivity contribution < 1.29 is 14.2 Å². The fourth-order valence-electron chi connectivity index (χ4n) is 1.72. The zero-order valence-corrected chi connectivity index (χ0v) is 15.8. The van der Waals surface area contributed by atoms with Gasteiger partial charge in [0.15, 0.2) is 11.5 Å². The highest BCUT2D eigenvalue weighted by Crippen LogP contribution is 2.52. The van der Waals surface area contributed by atoms with Crippen molar-refractivity contribution in [3.8, 4) is 17.2 Å². The van der Waals surface area contributed by atoms with Crippen LogP contribution in [0.5, 0.6) is 17.2 Å². The van der Waals surface area contributed by atoms with Crippen molar-refractivity contribution >= 4 is 63.7 Å². The first-order valence-corrected chi connectivity index (χ1v) is 8.75. The predicted octanol–water partition coefficient (Wildman–Crippen LogP) is 4.65. The highest BCUT2D eigenvalue weighted by molar-refractivity contribution is 9.12. The van der Waals surface area contributed by atoms with Crippen LogP contribution in [0.25, 0.3) is 0 Å². The number of benzene rings is 1. The summed E-state index contributed by atoms with van der Waals surface area (Å²) < 4.78 is 18.1. The average molecular weight is 510 g/mol. The minimum absolute atomic E-state index is 0.219. The molecule has 1 atom stereocenters. The Balaban J connectivity index is 2.52. The number of hydrogen-bond donors (Lipinski definition) is 0. The van der Waals surface area contributed by atoms with E-state index < -0.39 is 0 Å². The van der Waals surface area contributed by atoms with E-state index in [9.17, 15) is 0 Å². The van der Waals surface area contributed by atoms with Crippen molar-refractivity contribution in [1.29, 1.82) is 0 Å². The van der Waals surface area contributed by atoms with Crippen molar-refractivity contribution in [2.24, 2.45) is 0 Å². The summed E-state index contributed by atoms with van der Waals surface area (Å²) in [7, 11) is 1.62. The number of ether oxygens (including phenoxy) is 3. The van der Waals surface area contributed by atoms with E-state index in [1.165, 1.54) is 0 Å². The molecule has 0 bridgehead atoms. The first-order chi connectivity index (χ1) is 8.60. The lowest BCUT2D eigenvalue weighted by molar-refractivity contribution is 0.170. The summed E-state index contributed by atoms with van der Waals surface area (Å²) in [6, 6.07) is 0. The topological polar surface area (TPSA) is 27.7 Å². The summed E-state index contributed by atoms with van der Waals surface area (Å²) in [5, 5.41) is 0.864. The van der Waals surface area contributed by atoms with Gasteiger partial charge in [0, 0.05) is 10.2 Å². The van der Waals surface area contributed by atoms with Crippen molar-refractivity contribution in [3.63, 3.8) is 0 Å². The summed E-state index contributed by atoms with van der Waals surface area (Å²) in [6.07, 6.45) is 0.833. The lowest BCUT2D eigenvalue weighted by Gasteiger charge is -2.16. The van der Waals surface area contributed by atoms with Crippen molar-refractivity contribution in [2.45, 2.75) is 11.2 Å². The second-order valence-electron chi connectivity index (χ2n) is 3.66. The SMILES string of the molecule is COc1c(Br)c(CC(Br)CBr)c(Br)c2c1OCO2. The molecule has 0 radical (unpaired) electrons. The van der Waals surface area contributed by atoms with E-state index in [2.05, 4.69) is 63.7 Å². The summed E-state index contributed by atoms with van der Waals surface area (Å²) in [6.45, 7) is 0.219. The van der Waals surface area contributed by atoms with Gasteiger partial charge in [-0.1, -0.05) is 31.9 Å². The fraction of sp³-hybridized carbons (Fsp3) is 0.455. The number of rotatable bonds is 4. The average Bonchev–Trinajstić information content (AvgIpc) is 2.84. The first kappa shape index (κ1) is 14.9. The van der Waals surface area contributed by atoms with Crippen LogP contribution in [0.3, 0.4) is 0 Å². The Kier molecular flexibility index (Phi) is 5.25. The molecule has 0 spiro atoms. The molecular weight excluding hydrogens is 500 g/mol. The lowest BCUT2D eigenvalue weighted by Crippen LogP contribution is -2.06. The van der Waals surface area contributed by atoms with Gasteiger partial charge in [-0.05, 0) is 43.8 Å². The smallest absolute Gasteiger partial charge is 0.231 e. The molecule has 0 fully saturated rings. The molecule has 0 N–H and O–H groups in total. The Morgan fingerprint density at radius 3 is 2.50 bits per heavy atom. The van der Waals surface area contributed by atoms with Gasteiger partial charge in [-0.2, -0.15) is 0 Å². The summed E-state index contributed by atoms with van der Waals surface area (Å²) in [5.41, 5.74) is 1.09.